The number of sulfonamides is 1. The van der Waals surface area contributed by atoms with Gasteiger partial charge >= 0.3 is 0 Å². The Morgan fingerprint density at radius 2 is 2.12 bits per heavy atom. The molecule has 16 heavy (non-hydrogen) atoms. The summed E-state index contributed by atoms with van der Waals surface area (Å²) in [4.78, 5) is 9.93. The maximum Gasteiger partial charge on any atom is 0.293 e. The Morgan fingerprint density at radius 3 is 2.69 bits per heavy atom. The van der Waals surface area contributed by atoms with Crippen molar-refractivity contribution >= 4 is 21.4 Å². The Balaban J connectivity index is 2.70. The van der Waals surface area contributed by atoms with Gasteiger partial charge in [0.05, 0.1) is 9.82 Å². The number of benzene rings is 1. The van der Waals surface area contributed by atoms with Gasteiger partial charge in [-0.15, -0.1) is 0 Å². The van der Waals surface area contributed by atoms with Crippen LogP contribution in [0.4, 0.5) is 11.4 Å². The van der Waals surface area contributed by atoms with Crippen LogP contribution in [-0.2, 0) is 16.4 Å². The molecule has 3 N–H and O–H groups in total. The van der Waals surface area contributed by atoms with Crippen molar-refractivity contribution in [3.8, 4) is 0 Å². The smallest absolute Gasteiger partial charge is 0.293 e. The number of rotatable bonds is 2. The van der Waals surface area contributed by atoms with Gasteiger partial charge in [-0.3, -0.25) is 10.1 Å². The Bertz CT molecular complexity index is 567. The molecule has 1 aromatic rings. The molecule has 0 atom stereocenters. The van der Waals surface area contributed by atoms with Crippen LogP contribution in [0.3, 0.4) is 0 Å². The van der Waals surface area contributed by atoms with Gasteiger partial charge in [0.2, 0.25) is 10.0 Å². The van der Waals surface area contributed by atoms with Gasteiger partial charge in [0, 0.05) is 12.6 Å². The zero-order valence-electron chi connectivity index (χ0n) is 8.13. The number of nitrogens with zero attached hydrogens (tertiary/aromatic N) is 1. The summed E-state index contributed by atoms with van der Waals surface area (Å²) < 4.78 is 22.3. The highest BCUT2D eigenvalue weighted by atomic mass is 32.2. The average Bonchev–Trinajstić information content (AvgIpc) is 2.61. The predicted octanol–water partition coefficient (Wildman–Crippen LogP) is 0.210. The molecule has 8 heteroatoms. The second-order valence-electron chi connectivity index (χ2n) is 3.46. The van der Waals surface area contributed by atoms with E-state index in [0.29, 0.717) is 24.2 Å². The molecule has 1 aliphatic heterocycles. The first-order valence-corrected chi connectivity index (χ1v) is 6.02. The standard InChI is InChI=1S/C8H9N3O4S/c9-16(14,15)6-3-5-1-2-10-8(5)7(4-6)11(12)13/h3-4,10H,1-2H2,(H2,9,14,15). The molecule has 1 aromatic carbocycles. The third kappa shape index (κ3) is 1.72. The predicted molar refractivity (Wildman–Crippen MR) is 56.7 cm³/mol. The zero-order valence-corrected chi connectivity index (χ0v) is 8.95. The quantitative estimate of drug-likeness (QED) is 0.569. The highest BCUT2D eigenvalue weighted by Gasteiger charge is 2.25. The van der Waals surface area contributed by atoms with Crippen LogP contribution < -0.4 is 10.5 Å². The molecule has 2 rings (SSSR count). The molecule has 0 aliphatic carbocycles. The summed E-state index contributed by atoms with van der Waals surface area (Å²) in [6, 6.07) is 2.35. The zero-order chi connectivity index (χ0) is 11.9. The van der Waals surface area contributed by atoms with Crippen LogP contribution in [0.25, 0.3) is 0 Å². The van der Waals surface area contributed by atoms with Gasteiger partial charge < -0.3 is 5.32 Å². The molecule has 0 amide bonds. The highest BCUT2D eigenvalue weighted by Crippen LogP contribution is 2.34. The second-order valence-corrected chi connectivity index (χ2v) is 5.02. The minimum atomic E-state index is -3.91. The molecule has 0 fully saturated rings. The fourth-order valence-electron chi connectivity index (χ4n) is 1.69. The second kappa shape index (κ2) is 3.42. The lowest BCUT2D eigenvalue weighted by atomic mass is 10.1. The van der Waals surface area contributed by atoms with Crippen molar-refractivity contribution in [2.45, 2.75) is 11.3 Å². The van der Waals surface area contributed by atoms with E-state index in [9.17, 15) is 18.5 Å². The summed E-state index contributed by atoms with van der Waals surface area (Å²) in [6.07, 6.45) is 0.555. The van der Waals surface area contributed by atoms with Gasteiger partial charge in [0.1, 0.15) is 5.69 Å². The molecule has 1 heterocycles. The molecule has 0 unspecified atom stereocenters. The van der Waals surface area contributed by atoms with Gasteiger partial charge in [0.25, 0.3) is 5.69 Å². The van der Waals surface area contributed by atoms with Crippen molar-refractivity contribution in [2.75, 3.05) is 11.9 Å². The fourth-order valence-corrected chi connectivity index (χ4v) is 2.27. The lowest BCUT2D eigenvalue weighted by Crippen LogP contribution is -2.13. The van der Waals surface area contributed by atoms with Crippen LogP contribution in [-0.4, -0.2) is 19.9 Å². The third-order valence-corrected chi connectivity index (χ3v) is 3.29. The normalized spacial score (nSPS) is 14.3. The molecule has 7 nitrogen and oxygen atoms in total. The minimum absolute atomic E-state index is 0.221. The number of nitrogens with two attached hydrogens (primary N) is 1. The lowest BCUT2D eigenvalue weighted by molar-refractivity contribution is -0.384. The van der Waals surface area contributed by atoms with Crippen LogP contribution in [0, 0.1) is 10.1 Å². The van der Waals surface area contributed by atoms with Gasteiger partial charge in [-0.25, -0.2) is 13.6 Å². The first-order chi connectivity index (χ1) is 7.39. The third-order valence-electron chi connectivity index (χ3n) is 2.39. The summed E-state index contributed by atoms with van der Waals surface area (Å²) in [7, 11) is -3.91. The van der Waals surface area contributed by atoms with Crippen molar-refractivity contribution < 1.29 is 13.3 Å². The summed E-state index contributed by atoms with van der Waals surface area (Å²) >= 11 is 0. The molecule has 0 saturated heterocycles. The molecule has 0 spiro atoms. The summed E-state index contributed by atoms with van der Waals surface area (Å²) in [5.74, 6) is 0. The Labute approximate surface area is 91.5 Å². The molecular formula is C8H9N3O4S. The van der Waals surface area contributed by atoms with E-state index in [2.05, 4.69) is 5.32 Å². The number of anilines is 1. The molecule has 0 aromatic heterocycles. The minimum Gasteiger partial charge on any atom is -0.379 e. The SMILES string of the molecule is NS(=O)(=O)c1cc2c(c([N+](=O)[O-])c1)NCC2. The van der Waals surface area contributed by atoms with Crippen LogP contribution in [0.5, 0.6) is 0 Å². The maximum atomic E-state index is 11.1. The molecule has 0 radical (unpaired) electrons. The number of hydrogen-bond acceptors (Lipinski definition) is 5. The van der Waals surface area contributed by atoms with Gasteiger partial charge in [0.15, 0.2) is 0 Å². The molecule has 0 saturated carbocycles. The van der Waals surface area contributed by atoms with E-state index in [0.717, 1.165) is 6.07 Å². The summed E-state index contributed by atoms with van der Waals surface area (Å²) in [5, 5.41) is 18.6. The number of hydrogen-bond donors (Lipinski definition) is 2. The number of nitrogens with one attached hydrogen (secondary N) is 1. The Morgan fingerprint density at radius 1 is 1.44 bits per heavy atom. The van der Waals surface area contributed by atoms with Gasteiger partial charge in [-0.05, 0) is 18.1 Å². The molecule has 86 valence electrons. The molecule has 0 bridgehead atoms. The van der Waals surface area contributed by atoms with E-state index >= 15 is 0 Å². The van der Waals surface area contributed by atoms with Crippen LogP contribution >= 0.6 is 0 Å². The first-order valence-electron chi connectivity index (χ1n) is 4.47. The van der Waals surface area contributed by atoms with E-state index in [-0.39, 0.29) is 10.6 Å². The van der Waals surface area contributed by atoms with Crippen LogP contribution in [0.1, 0.15) is 5.56 Å². The summed E-state index contributed by atoms with van der Waals surface area (Å²) in [6.45, 7) is 0.560. The van der Waals surface area contributed by atoms with Crippen LogP contribution in [0.15, 0.2) is 17.0 Å². The highest BCUT2D eigenvalue weighted by molar-refractivity contribution is 7.89. The van der Waals surface area contributed by atoms with Crippen molar-refractivity contribution in [1.29, 1.82) is 0 Å². The monoisotopic (exact) mass is 243 g/mol. The van der Waals surface area contributed by atoms with E-state index in [1.807, 2.05) is 0 Å². The topological polar surface area (TPSA) is 115 Å². The van der Waals surface area contributed by atoms with Crippen molar-refractivity contribution in [3.05, 3.63) is 27.8 Å². The number of primary sulfonamides is 1. The maximum absolute atomic E-state index is 11.1. The average molecular weight is 243 g/mol. The Hall–Kier alpha value is -1.67. The van der Waals surface area contributed by atoms with E-state index in [1.54, 1.807) is 0 Å². The number of nitro groups is 1. The summed E-state index contributed by atoms with van der Waals surface area (Å²) in [5.41, 5.74) is 0.745. The van der Waals surface area contributed by atoms with Crippen LogP contribution in [0.2, 0.25) is 0 Å². The van der Waals surface area contributed by atoms with E-state index < -0.39 is 14.9 Å². The Kier molecular flexibility index (Phi) is 2.32. The van der Waals surface area contributed by atoms with Crippen molar-refractivity contribution in [1.82, 2.24) is 0 Å². The van der Waals surface area contributed by atoms with E-state index in [1.165, 1.54) is 6.07 Å². The van der Waals surface area contributed by atoms with Crippen molar-refractivity contribution in [2.24, 2.45) is 5.14 Å². The molecule has 1 aliphatic rings. The fraction of sp³-hybridized carbons (Fsp3) is 0.250. The van der Waals surface area contributed by atoms with E-state index in [4.69, 9.17) is 5.14 Å². The molecular weight excluding hydrogens is 234 g/mol. The first kappa shape index (κ1) is 10.8. The van der Waals surface area contributed by atoms with Crippen molar-refractivity contribution in [3.63, 3.8) is 0 Å². The largest absolute Gasteiger partial charge is 0.379 e. The van der Waals surface area contributed by atoms with Gasteiger partial charge in [-0.2, -0.15) is 0 Å². The number of nitro benzene ring substituents is 1. The number of fused-ring (bicyclic) bond motifs is 1. The van der Waals surface area contributed by atoms with Gasteiger partial charge in [-0.1, -0.05) is 0 Å². The lowest BCUT2D eigenvalue weighted by Gasteiger charge is -2.04.